The molecule has 27 heavy (non-hydrogen) atoms. The Morgan fingerprint density at radius 1 is 0.741 bits per heavy atom. The first-order valence-electron chi connectivity index (χ1n) is 11.2. The standard InChI is InChI=1S/C24H41NO2/c1-2-3-4-5-6-7-8-9-10-11-12-13-14-18-21-27-22-24(25-26)23-19-16-15-17-20-23/h15-17,19-20,26H,2-14,18,21-22H2,1H3. The van der Waals surface area contributed by atoms with Crippen LogP contribution in [0.15, 0.2) is 35.5 Å². The first-order chi connectivity index (χ1) is 13.4. The van der Waals surface area contributed by atoms with Gasteiger partial charge in [0.15, 0.2) is 0 Å². The maximum absolute atomic E-state index is 9.11. The van der Waals surface area contributed by atoms with Crippen LogP contribution in [0.4, 0.5) is 0 Å². The van der Waals surface area contributed by atoms with Crippen LogP contribution >= 0.6 is 0 Å². The van der Waals surface area contributed by atoms with Crippen molar-refractivity contribution < 1.29 is 9.94 Å². The molecule has 0 aliphatic rings. The second kappa shape index (κ2) is 18.0. The lowest BCUT2D eigenvalue weighted by Gasteiger charge is -2.06. The number of oxime groups is 1. The van der Waals surface area contributed by atoms with Crippen LogP contribution in [0, 0.1) is 0 Å². The van der Waals surface area contributed by atoms with E-state index in [2.05, 4.69) is 12.1 Å². The van der Waals surface area contributed by atoms with Crippen LogP contribution < -0.4 is 0 Å². The highest BCUT2D eigenvalue weighted by Gasteiger charge is 2.03. The number of hydrogen-bond acceptors (Lipinski definition) is 3. The normalized spacial score (nSPS) is 11.8. The van der Waals surface area contributed by atoms with Gasteiger partial charge in [-0.15, -0.1) is 0 Å². The lowest BCUT2D eigenvalue weighted by atomic mass is 10.0. The summed E-state index contributed by atoms with van der Waals surface area (Å²) >= 11 is 0. The summed E-state index contributed by atoms with van der Waals surface area (Å²) in [5.74, 6) is 0. The van der Waals surface area contributed by atoms with Gasteiger partial charge in [-0.2, -0.15) is 0 Å². The quantitative estimate of drug-likeness (QED) is 0.126. The molecule has 1 N–H and O–H groups in total. The molecule has 1 aromatic rings. The number of nitrogens with zero attached hydrogens (tertiary/aromatic N) is 1. The highest BCUT2D eigenvalue weighted by atomic mass is 16.5. The molecule has 0 bridgehead atoms. The molecule has 154 valence electrons. The third-order valence-electron chi connectivity index (χ3n) is 5.11. The van der Waals surface area contributed by atoms with Crippen LogP contribution in [0.25, 0.3) is 0 Å². The van der Waals surface area contributed by atoms with Crippen molar-refractivity contribution in [1.29, 1.82) is 0 Å². The van der Waals surface area contributed by atoms with Crippen molar-refractivity contribution in [3.63, 3.8) is 0 Å². The van der Waals surface area contributed by atoms with E-state index in [0.717, 1.165) is 18.6 Å². The second-order valence-electron chi connectivity index (χ2n) is 7.56. The summed E-state index contributed by atoms with van der Waals surface area (Å²) in [6.07, 6.45) is 19.1. The highest BCUT2D eigenvalue weighted by molar-refractivity contribution is 6.01. The predicted octanol–water partition coefficient (Wildman–Crippen LogP) is 7.36. The van der Waals surface area contributed by atoms with Gasteiger partial charge in [0.25, 0.3) is 0 Å². The zero-order chi connectivity index (χ0) is 19.4. The van der Waals surface area contributed by atoms with Crippen molar-refractivity contribution in [2.75, 3.05) is 13.2 Å². The summed E-state index contributed by atoms with van der Waals surface area (Å²) in [7, 11) is 0. The molecule has 0 heterocycles. The van der Waals surface area contributed by atoms with Crippen molar-refractivity contribution in [1.82, 2.24) is 0 Å². The molecule has 0 fully saturated rings. The van der Waals surface area contributed by atoms with Crippen molar-refractivity contribution in [2.45, 2.75) is 96.8 Å². The van der Waals surface area contributed by atoms with E-state index < -0.39 is 0 Å². The van der Waals surface area contributed by atoms with Crippen molar-refractivity contribution in [3.05, 3.63) is 35.9 Å². The SMILES string of the molecule is CCCCCCCCCCCCCCCCOCC(=NO)c1ccccc1. The number of hydrogen-bond donors (Lipinski definition) is 1. The van der Waals surface area contributed by atoms with Gasteiger partial charge in [0, 0.05) is 12.2 Å². The van der Waals surface area contributed by atoms with E-state index in [-0.39, 0.29) is 0 Å². The zero-order valence-electron chi connectivity index (χ0n) is 17.5. The molecule has 0 amide bonds. The molecule has 1 aromatic carbocycles. The van der Waals surface area contributed by atoms with Gasteiger partial charge in [-0.05, 0) is 6.42 Å². The summed E-state index contributed by atoms with van der Waals surface area (Å²) in [6.45, 7) is 3.39. The molecule has 3 heteroatoms. The van der Waals surface area contributed by atoms with E-state index in [1.165, 1.54) is 83.5 Å². The number of unbranched alkanes of at least 4 members (excludes halogenated alkanes) is 13. The summed E-state index contributed by atoms with van der Waals surface area (Å²) in [4.78, 5) is 0. The zero-order valence-corrected chi connectivity index (χ0v) is 17.5. The molecular formula is C24H41NO2. The van der Waals surface area contributed by atoms with Crippen LogP contribution in [0.5, 0.6) is 0 Å². The first-order valence-corrected chi connectivity index (χ1v) is 11.2. The maximum atomic E-state index is 9.11. The van der Waals surface area contributed by atoms with Crippen LogP contribution in [-0.4, -0.2) is 24.1 Å². The molecule has 0 saturated carbocycles. The Kier molecular flexibility index (Phi) is 15.8. The molecule has 0 unspecified atom stereocenters. The number of ether oxygens (including phenoxy) is 1. The third-order valence-corrected chi connectivity index (χ3v) is 5.11. The average molecular weight is 376 g/mol. The molecule has 0 saturated heterocycles. The molecular weight excluding hydrogens is 334 g/mol. The minimum Gasteiger partial charge on any atom is -0.411 e. The lowest BCUT2D eigenvalue weighted by molar-refractivity contribution is 0.163. The Morgan fingerprint density at radius 2 is 1.22 bits per heavy atom. The highest BCUT2D eigenvalue weighted by Crippen LogP contribution is 2.13. The Labute approximate surface area is 167 Å². The van der Waals surface area contributed by atoms with Gasteiger partial charge in [0.1, 0.15) is 5.71 Å². The van der Waals surface area contributed by atoms with Gasteiger partial charge in [-0.25, -0.2) is 0 Å². The fourth-order valence-electron chi connectivity index (χ4n) is 3.37. The summed E-state index contributed by atoms with van der Waals surface area (Å²) < 4.78 is 5.66. The third kappa shape index (κ3) is 13.5. The van der Waals surface area contributed by atoms with E-state index in [4.69, 9.17) is 9.94 Å². The van der Waals surface area contributed by atoms with Crippen molar-refractivity contribution in [2.24, 2.45) is 5.16 Å². The largest absolute Gasteiger partial charge is 0.411 e. The Morgan fingerprint density at radius 3 is 1.70 bits per heavy atom. The van der Waals surface area contributed by atoms with Gasteiger partial charge < -0.3 is 9.94 Å². The predicted molar refractivity (Wildman–Crippen MR) is 116 cm³/mol. The molecule has 0 spiro atoms. The average Bonchev–Trinajstić information content (AvgIpc) is 2.71. The molecule has 0 atom stereocenters. The molecule has 0 aliphatic heterocycles. The minimum absolute atomic E-state index is 0.374. The molecule has 1 rings (SSSR count). The monoisotopic (exact) mass is 375 g/mol. The van der Waals surface area contributed by atoms with Crippen molar-refractivity contribution in [3.8, 4) is 0 Å². The van der Waals surface area contributed by atoms with E-state index in [1.54, 1.807) is 0 Å². The summed E-state index contributed by atoms with van der Waals surface area (Å²) in [5, 5.41) is 12.5. The van der Waals surface area contributed by atoms with Gasteiger partial charge in [0.05, 0.1) is 6.61 Å². The summed E-state index contributed by atoms with van der Waals surface area (Å²) in [6, 6.07) is 9.70. The van der Waals surface area contributed by atoms with Crippen LogP contribution in [0.2, 0.25) is 0 Å². The Bertz CT molecular complexity index is 459. The number of benzene rings is 1. The van der Waals surface area contributed by atoms with Crippen molar-refractivity contribution >= 4 is 5.71 Å². The van der Waals surface area contributed by atoms with Gasteiger partial charge in [0.2, 0.25) is 0 Å². The molecule has 0 aliphatic carbocycles. The van der Waals surface area contributed by atoms with E-state index in [0.29, 0.717) is 12.3 Å². The van der Waals surface area contributed by atoms with E-state index in [1.807, 2.05) is 30.3 Å². The number of rotatable bonds is 18. The van der Waals surface area contributed by atoms with E-state index >= 15 is 0 Å². The fourth-order valence-corrected chi connectivity index (χ4v) is 3.37. The Balaban J connectivity index is 1.83. The topological polar surface area (TPSA) is 41.8 Å². The molecule has 0 aromatic heterocycles. The van der Waals surface area contributed by atoms with Crippen LogP contribution in [-0.2, 0) is 4.74 Å². The molecule has 3 nitrogen and oxygen atoms in total. The smallest absolute Gasteiger partial charge is 0.112 e. The van der Waals surface area contributed by atoms with Gasteiger partial charge in [-0.1, -0.05) is 126 Å². The lowest BCUT2D eigenvalue weighted by Crippen LogP contribution is -2.11. The first kappa shape index (κ1) is 23.7. The summed E-state index contributed by atoms with van der Waals surface area (Å²) in [5.41, 5.74) is 1.52. The Hall–Kier alpha value is -1.35. The maximum Gasteiger partial charge on any atom is 0.112 e. The second-order valence-corrected chi connectivity index (χ2v) is 7.56. The van der Waals surface area contributed by atoms with Crippen LogP contribution in [0.3, 0.4) is 0 Å². The van der Waals surface area contributed by atoms with Gasteiger partial charge in [-0.3, -0.25) is 0 Å². The fraction of sp³-hybridized carbons (Fsp3) is 0.708. The van der Waals surface area contributed by atoms with Gasteiger partial charge >= 0.3 is 0 Å². The van der Waals surface area contributed by atoms with E-state index in [9.17, 15) is 0 Å². The minimum atomic E-state index is 0.374. The molecule has 0 radical (unpaired) electrons. The van der Waals surface area contributed by atoms with Crippen LogP contribution in [0.1, 0.15) is 102 Å².